The molecule has 2 heterocycles. The van der Waals surface area contributed by atoms with Gasteiger partial charge >= 0.3 is 5.97 Å². The van der Waals surface area contributed by atoms with Crippen molar-refractivity contribution in [3.63, 3.8) is 0 Å². The first kappa shape index (κ1) is 15.0. The lowest BCUT2D eigenvalue weighted by molar-refractivity contribution is 0.0684. The van der Waals surface area contributed by atoms with E-state index in [0.717, 1.165) is 12.1 Å². The molecule has 0 aliphatic carbocycles. The Kier molecular flexibility index (Phi) is 4.57. The maximum Gasteiger partial charge on any atom is 0.358 e. The molecule has 0 aromatic carbocycles. The second-order valence-electron chi connectivity index (χ2n) is 4.94. The molecule has 0 aliphatic heterocycles. The van der Waals surface area contributed by atoms with Crippen molar-refractivity contribution in [1.29, 1.82) is 0 Å². The van der Waals surface area contributed by atoms with Crippen LogP contribution in [0.3, 0.4) is 0 Å². The molecule has 0 spiro atoms. The molecule has 0 amide bonds. The van der Waals surface area contributed by atoms with Crippen LogP contribution in [0.5, 0.6) is 5.75 Å². The molecule has 0 fully saturated rings. The maximum absolute atomic E-state index is 11.2. The third kappa shape index (κ3) is 3.59. The van der Waals surface area contributed by atoms with Gasteiger partial charge in [-0.05, 0) is 38.5 Å². The maximum atomic E-state index is 11.2. The number of hydrogen-bond acceptors (Lipinski definition) is 4. The SMILES string of the molecule is CCC(C)n1ccc(COc2ccc(C)nc2C(=O)O)n1. The van der Waals surface area contributed by atoms with Gasteiger partial charge in [-0.1, -0.05) is 6.92 Å². The molecule has 1 N–H and O–H groups in total. The molecule has 1 atom stereocenters. The van der Waals surface area contributed by atoms with Crippen molar-refractivity contribution < 1.29 is 14.6 Å². The van der Waals surface area contributed by atoms with Gasteiger partial charge in [0.25, 0.3) is 0 Å². The van der Waals surface area contributed by atoms with E-state index in [9.17, 15) is 4.79 Å². The summed E-state index contributed by atoms with van der Waals surface area (Å²) in [5.41, 5.74) is 1.32. The van der Waals surface area contributed by atoms with Crippen LogP contribution in [0.2, 0.25) is 0 Å². The zero-order chi connectivity index (χ0) is 15.4. The molecule has 1 unspecified atom stereocenters. The molecule has 6 nitrogen and oxygen atoms in total. The molecule has 0 saturated carbocycles. The standard InChI is InChI=1S/C15H19N3O3/c1-4-11(3)18-8-7-12(17-18)9-21-13-6-5-10(2)16-14(13)15(19)20/h5-8,11H,4,9H2,1-3H3,(H,19,20). The van der Waals surface area contributed by atoms with Gasteiger partial charge in [-0.15, -0.1) is 0 Å². The molecule has 112 valence electrons. The van der Waals surface area contributed by atoms with E-state index in [1.54, 1.807) is 19.1 Å². The van der Waals surface area contributed by atoms with E-state index < -0.39 is 5.97 Å². The van der Waals surface area contributed by atoms with E-state index >= 15 is 0 Å². The number of carboxylic acids is 1. The number of carbonyl (C=O) groups is 1. The van der Waals surface area contributed by atoms with Crippen molar-refractivity contribution in [3.8, 4) is 5.75 Å². The molecule has 0 saturated heterocycles. The van der Waals surface area contributed by atoms with Gasteiger partial charge in [0.05, 0.1) is 5.69 Å². The van der Waals surface area contributed by atoms with Gasteiger partial charge in [-0.25, -0.2) is 9.78 Å². The third-order valence-corrected chi connectivity index (χ3v) is 3.28. The van der Waals surface area contributed by atoms with E-state index in [4.69, 9.17) is 9.84 Å². The molecule has 21 heavy (non-hydrogen) atoms. The number of pyridine rings is 1. The molecule has 0 radical (unpaired) electrons. The van der Waals surface area contributed by atoms with Crippen LogP contribution in [-0.4, -0.2) is 25.8 Å². The van der Waals surface area contributed by atoms with Crippen LogP contribution in [0, 0.1) is 6.92 Å². The van der Waals surface area contributed by atoms with Gasteiger partial charge in [0.1, 0.15) is 6.61 Å². The predicted molar refractivity (Wildman–Crippen MR) is 77.5 cm³/mol. The summed E-state index contributed by atoms with van der Waals surface area (Å²) in [5.74, 6) is -0.843. The summed E-state index contributed by atoms with van der Waals surface area (Å²) in [6.45, 7) is 6.14. The van der Waals surface area contributed by atoms with Crippen molar-refractivity contribution in [2.75, 3.05) is 0 Å². The Morgan fingerprint density at radius 1 is 1.43 bits per heavy atom. The summed E-state index contributed by atoms with van der Waals surface area (Å²) in [6.07, 6.45) is 2.89. The van der Waals surface area contributed by atoms with Crippen LogP contribution in [0.4, 0.5) is 0 Å². The normalized spacial score (nSPS) is 12.1. The third-order valence-electron chi connectivity index (χ3n) is 3.28. The van der Waals surface area contributed by atoms with Crippen molar-refractivity contribution in [2.45, 2.75) is 39.8 Å². The van der Waals surface area contributed by atoms with Crippen molar-refractivity contribution in [1.82, 2.24) is 14.8 Å². The number of hydrogen-bond donors (Lipinski definition) is 1. The van der Waals surface area contributed by atoms with Gasteiger partial charge < -0.3 is 9.84 Å². The van der Waals surface area contributed by atoms with Crippen LogP contribution in [0.15, 0.2) is 24.4 Å². The highest BCUT2D eigenvalue weighted by Crippen LogP contribution is 2.18. The Morgan fingerprint density at radius 3 is 2.86 bits per heavy atom. The fourth-order valence-electron chi connectivity index (χ4n) is 1.85. The van der Waals surface area contributed by atoms with Crippen LogP contribution in [0.1, 0.15) is 48.2 Å². The first-order valence-electron chi connectivity index (χ1n) is 6.89. The highest BCUT2D eigenvalue weighted by Gasteiger charge is 2.14. The summed E-state index contributed by atoms with van der Waals surface area (Å²) in [4.78, 5) is 15.1. The highest BCUT2D eigenvalue weighted by atomic mass is 16.5. The summed E-state index contributed by atoms with van der Waals surface area (Å²) in [7, 11) is 0. The van der Waals surface area contributed by atoms with Crippen molar-refractivity contribution in [2.24, 2.45) is 0 Å². The van der Waals surface area contributed by atoms with E-state index in [-0.39, 0.29) is 18.1 Å². The fourth-order valence-corrected chi connectivity index (χ4v) is 1.85. The lowest BCUT2D eigenvalue weighted by atomic mass is 10.3. The molecular weight excluding hydrogens is 270 g/mol. The van der Waals surface area contributed by atoms with Crippen LogP contribution < -0.4 is 4.74 Å². The number of nitrogens with zero attached hydrogens (tertiary/aromatic N) is 3. The Bertz CT molecular complexity index is 637. The van der Waals surface area contributed by atoms with Crippen LogP contribution >= 0.6 is 0 Å². The average molecular weight is 289 g/mol. The minimum atomic E-state index is -1.10. The molecule has 0 bridgehead atoms. The smallest absolute Gasteiger partial charge is 0.358 e. The molecule has 2 rings (SSSR count). The minimum Gasteiger partial charge on any atom is -0.485 e. The first-order chi connectivity index (χ1) is 10.0. The van der Waals surface area contributed by atoms with E-state index in [2.05, 4.69) is 23.9 Å². The monoisotopic (exact) mass is 289 g/mol. The number of aromatic carboxylic acids is 1. The molecule has 0 aliphatic rings. The largest absolute Gasteiger partial charge is 0.485 e. The topological polar surface area (TPSA) is 77.2 Å². The predicted octanol–water partition coefficient (Wildman–Crippen LogP) is 2.83. The van der Waals surface area contributed by atoms with Gasteiger partial charge in [-0.3, -0.25) is 4.68 Å². The molecular formula is C15H19N3O3. The summed E-state index contributed by atoms with van der Waals surface area (Å²) in [6, 6.07) is 5.54. The summed E-state index contributed by atoms with van der Waals surface area (Å²) in [5, 5.41) is 13.5. The van der Waals surface area contributed by atoms with E-state index in [0.29, 0.717) is 11.7 Å². The number of aromatic nitrogens is 3. The first-order valence-corrected chi connectivity index (χ1v) is 6.89. The van der Waals surface area contributed by atoms with Gasteiger partial charge in [0, 0.05) is 17.9 Å². The zero-order valence-corrected chi connectivity index (χ0v) is 12.4. The average Bonchev–Trinajstić information content (AvgIpc) is 2.93. The Hall–Kier alpha value is -2.37. The van der Waals surface area contributed by atoms with Crippen LogP contribution in [0.25, 0.3) is 0 Å². The Labute approximate surface area is 123 Å². The number of rotatable bonds is 6. The van der Waals surface area contributed by atoms with Gasteiger partial charge in [0.15, 0.2) is 11.4 Å². The lowest BCUT2D eigenvalue weighted by Crippen LogP contribution is -2.08. The number of aryl methyl sites for hydroxylation is 1. The fraction of sp³-hybridized carbons (Fsp3) is 0.400. The molecule has 6 heteroatoms. The van der Waals surface area contributed by atoms with Gasteiger partial charge in [-0.2, -0.15) is 5.10 Å². The minimum absolute atomic E-state index is 0.0728. The van der Waals surface area contributed by atoms with Crippen molar-refractivity contribution >= 4 is 5.97 Å². The molecule has 2 aromatic heterocycles. The second-order valence-corrected chi connectivity index (χ2v) is 4.94. The summed E-state index contributed by atoms with van der Waals surface area (Å²) < 4.78 is 7.43. The zero-order valence-electron chi connectivity index (χ0n) is 12.4. The second kappa shape index (κ2) is 6.39. The number of carboxylic acid groups (broad SMARTS) is 1. The lowest BCUT2D eigenvalue weighted by Gasteiger charge is -2.09. The van der Waals surface area contributed by atoms with Crippen LogP contribution in [-0.2, 0) is 6.61 Å². The summed E-state index contributed by atoms with van der Waals surface area (Å²) >= 11 is 0. The Balaban J connectivity index is 2.09. The van der Waals surface area contributed by atoms with E-state index in [1.807, 2.05) is 16.9 Å². The quantitative estimate of drug-likeness (QED) is 0.884. The highest BCUT2D eigenvalue weighted by molar-refractivity contribution is 5.88. The number of ether oxygens (including phenoxy) is 1. The van der Waals surface area contributed by atoms with Crippen molar-refractivity contribution in [3.05, 3.63) is 41.5 Å². The Morgan fingerprint density at radius 2 is 2.19 bits per heavy atom. The van der Waals surface area contributed by atoms with Gasteiger partial charge in [0.2, 0.25) is 0 Å². The van der Waals surface area contributed by atoms with E-state index in [1.165, 1.54) is 0 Å². The molecule has 2 aromatic rings.